The smallest absolute Gasteiger partial charge is 0.323 e. The Morgan fingerprint density at radius 3 is 2.89 bits per heavy atom. The molecule has 2 heterocycles. The van der Waals surface area contributed by atoms with Crippen LogP contribution in [0.3, 0.4) is 0 Å². The molecule has 0 amide bonds. The molecule has 18 heavy (non-hydrogen) atoms. The van der Waals surface area contributed by atoms with Gasteiger partial charge in [0.2, 0.25) is 0 Å². The minimum Gasteiger partial charge on any atom is -0.468 e. The zero-order valence-electron chi connectivity index (χ0n) is 11.3. The zero-order chi connectivity index (χ0) is 13.1. The Hall–Kier alpha value is -0.650. The van der Waals surface area contributed by atoms with Gasteiger partial charge in [-0.1, -0.05) is 0 Å². The number of hydrogen-bond donors (Lipinski definition) is 1. The molecular formula is C13H24N2O3. The summed E-state index contributed by atoms with van der Waals surface area (Å²) in [7, 11) is 3.57. The van der Waals surface area contributed by atoms with Crippen LogP contribution in [0.2, 0.25) is 0 Å². The highest BCUT2D eigenvalue weighted by Crippen LogP contribution is 2.23. The number of carbonyl (C=O) groups excluding carboxylic acids is 1. The second-order valence-corrected chi connectivity index (χ2v) is 5.49. The molecule has 2 rings (SSSR count). The fourth-order valence-corrected chi connectivity index (χ4v) is 3.17. The first-order chi connectivity index (χ1) is 8.61. The van der Waals surface area contributed by atoms with Gasteiger partial charge in [-0.25, -0.2) is 0 Å². The second kappa shape index (κ2) is 5.99. The number of β-amino-alcohol motifs (C(OH)–C–C–N with tert-alkyl or cyclic N) is 1. The molecule has 0 bridgehead atoms. The van der Waals surface area contributed by atoms with E-state index >= 15 is 0 Å². The lowest BCUT2D eigenvalue weighted by atomic mass is 10.1. The maximum Gasteiger partial charge on any atom is 0.323 e. The van der Waals surface area contributed by atoms with E-state index in [1.807, 2.05) is 0 Å². The Morgan fingerprint density at radius 1 is 1.50 bits per heavy atom. The maximum atomic E-state index is 11.6. The highest BCUT2D eigenvalue weighted by Gasteiger charge is 2.37. The van der Waals surface area contributed by atoms with Gasteiger partial charge in [0, 0.05) is 25.6 Å². The molecule has 0 aromatic heterocycles. The van der Waals surface area contributed by atoms with Crippen LogP contribution in [0.4, 0.5) is 0 Å². The average molecular weight is 256 g/mol. The van der Waals surface area contributed by atoms with Crippen LogP contribution in [0.1, 0.15) is 25.7 Å². The van der Waals surface area contributed by atoms with Crippen LogP contribution in [0.5, 0.6) is 0 Å². The van der Waals surface area contributed by atoms with Crippen molar-refractivity contribution in [2.24, 2.45) is 0 Å². The molecule has 3 atom stereocenters. The quantitative estimate of drug-likeness (QED) is 0.722. The Bertz CT molecular complexity index is 298. The molecule has 1 N–H and O–H groups in total. The molecule has 0 aliphatic carbocycles. The van der Waals surface area contributed by atoms with Crippen molar-refractivity contribution >= 4 is 5.97 Å². The first-order valence-electron chi connectivity index (χ1n) is 6.82. The number of ether oxygens (including phenoxy) is 1. The van der Waals surface area contributed by atoms with E-state index in [1.54, 1.807) is 0 Å². The molecule has 2 aliphatic heterocycles. The van der Waals surface area contributed by atoms with Gasteiger partial charge in [-0.3, -0.25) is 9.69 Å². The van der Waals surface area contributed by atoms with Gasteiger partial charge in [0.25, 0.3) is 0 Å². The predicted octanol–water partition coefficient (Wildman–Crippen LogP) is 0.0789. The predicted molar refractivity (Wildman–Crippen MR) is 68.3 cm³/mol. The van der Waals surface area contributed by atoms with Crippen molar-refractivity contribution in [3.8, 4) is 0 Å². The maximum absolute atomic E-state index is 11.6. The average Bonchev–Trinajstić information content (AvgIpc) is 2.92. The molecule has 0 radical (unpaired) electrons. The third kappa shape index (κ3) is 3.02. The summed E-state index contributed by atoms with van der Waals surface area (Å²) in [5.41, 5.74) is 0. The Labute approximate surface area is 109 Å². The SMILES string of the molecule is COC(=O)C1CC(O)CN1CCC1CCCN1C. The van der Waals surface area contributed by atoms with Crippen LogP contribution in [-0.2, 0) is 9.53 Å². The second-order valence-electron chi connectivity index (χ2n) is 5.49. The van der Waals surface area contributed by atoms with Crippen LogP contribution in [0.15, 0.2) is 0 Å². The summed E-state index contributed by atoms with van der Waals surface area (Å²) in [5.74, 6) is -0.216. The standard InChI is InChI=1S/C13H24N2O3/c1-14-6-3-4-10(14)5-7-15-9-11(16)8-12(15)13(17)18-2/h10-12,16H,3-9H2,1-2H3. The van der Waals surface area contributed by atoms with Gasteiger partial charge in [-0.2, -0.15) is 0 Å². The van der Waals surface area contributed by atoms with Crippen molar-refractivity contribution in [3.05, 3.63) is 0 Å². The number of aliphatic hydroxyl groups is 1. The number of nitrogens with zero attached hydrogens (tertiary/aromatic N) is 2. The van der Waals surface area contributed by atoms with Crippen LogP contribution >= 0.6 is 0 Å². The first-order valence-corrected chi connectivity index (χ1v) is 6.82. The lowest BCUT2D eigenvalue weighted by molar-refractivity contribution is -0.145. The lowest BCUT2D eigenvalue weighted by Gasteiger charge is -2.26. The minimum atomic E-state index is -0.393. The molecule has 0 spiro atoms. The molecular weight excluding hydrogens is 232 g/mol. The van der Waals surface area contributed by atoms with Crippen molar-refractivity contribution in [1.29, 1.82) is 0 Å². The number of esters is 1. The van der Waals surface area contributed by atoms with E-state index in [-0.39, 0.29) is 12.0 Å². The minimum absolute atomic E-state index is 0.216. The normalized spacial score (nSPS) is 34.1. The number of aliphatic hydroxyl groups excluding tert-OH is 1. The fourth-order valence-electron chi connectivity index (χ4n) is 3.17. The summed E-state index contributed by atoms with van der Waals surface area (Å²) in [5, 5.41) is 9.70. The van der Waals surface area contributed by atoms with Gasteiger partial charge in [-0.15, -0.1) is 0 Å². The Kier molecular flexibility index (Phi) is 4.59. The Morgan fingerprint density at radius 2 is 2.28 bits per heavy atom. The summed E-state index contributed by atoms with van der Waals surface area (Å²) < 4.78 is 4.80. The lowest BCUT2D eigenvalue weighted by Crippen LogP contribution is -2.39. The monoisotopic (exact) mass is 256 g/mol. The molecule has 5 heteroatoms. The van der Waals surface area contributed by atoms with Crippen LogP contribution in [-0.4, -0.2) is 72.9 Å². The van der Waals surface area contributed by atoms with E-state index in [1.165, 1.54) is 26.5 Å². The van der Waals surface area contributed by atoms with Crippen molar-refractivity contribution in [2.75, 3.05) is 33.8 Å². The van der Waals surface area contributed by atoms with Crippen molar-refractivity contribution in [1.82, 2.24) is 9.80 Å². The number of rotatable bonds is 4. The van der Waals surface area contributed by atoms with Crippen LogP contribution in [0, 0.1) is 0 Å². The third-order valence-corrected chi connectivity index (χ3v) is 4.28. The van der Waals surface area contributed by atoms with Crippen molar-refractivity contribution in [2.45, 2.75) is 43.9 Å². The fraction of sp³-hybridized carbons (Fsp3) is 0.923. The van der Waals surface area contributed by atoms with Gasteiger partial charge in [0.15, 0.2) is 0 Å². The van der Waals surface area contributed by atoms with Gasteiger partial charge in [0.05, 0.1) is 13.2 Å². The third-order valence-electron chi connectivity index (χ3n) is 4.28. The number of carbonyl (C=O) groups is 1. The summed E-state index contributed by atoms with van der Waals surface area (Å²) in [6.45, 7) is 2.63. The molecule has 5 nitrogen and oxygen atoms in total. The largest absolute Gasteiger partial charge is 0.468 e. The zero-order valence-corrected chi connectivity index (χ0v) is 11.3. The number of hydrogen-bond acceptors (Lipinski definition) is 5. The van der Waals surface area contributed by atoms with Crippen LogP contribution in [0.25, 0.3) is 0 Å². The van der Waals surface area contributed by atoms with Gasteiger partial charge in [-0.05, 0) is 32.9 Å². The highest BCUT2D eigenvalue weighted by atomic mass is 16.5. The van der Waals surface area contributed by atoms with E-state index < -0.39 is 6.10 Å². The van der Waals surface area contributed by atoms with E-state index in [9.17, 15) is 9.90 Å². The Balaban J connectivity index is 1.85. The summed E-state index contributed by atoms with van der Waals surface area (Å²) in [4.78, 5) is 16.1. The van der Waals surface area contributed by atoms with Gasteiger partial charge >= 0.3 is 5.97 Å². The van der Waals surface area contributed by atoms with Crippen LogP contribution < -0.4 is 0 Å². The molecule has 2 saturated heterocycles. The first kappa shape index (κ1) is 13.8. The number of methoxy groups -OCH3 is 1. The molecule has 2 aliphatic rings. The molecule has 0 aromatic carbocycles. The van der Waals surface area contributed by atoms with E-state index in [4.69, 9.17) is 4.74 Å². The molecule has 2 fully saturated rings. The topological polar surface area (TPSA) is 53.0 Å². The highest BCUT2D eigenvalue weighted by molar-refractivity contribution is 5.76. The molecule has 104 valence electrons. The van der Waals surface area contributed by atoms with Crippen molar-refractivity contribution < 1.29 is 14.6 Å². The number of likely N-dealkylation sites (tertiary alicyclic amines) is 2. The van der Waals surface area contributed by atoms with Crippen molar-refractivity contribution in [3.63, 3.8) is 0 Å². The van der Waals surface area contributed by atoms with E-state index in [0.717, 1.165) is 13.0 Å². The molecule has 3 unspecified atom stereocenters. The molecule has 0 saturated carbocycles. The molecule has 0 aromatic rings. The van der Waals surface area contributed by atoms with E-state index in [0.29, 0.717) is 19.0 Å². The van der Waals surface area contributed by atoms with Gasteiger partial charge < -0.3 is 14.7 Å². The summed E-state index contributed by atoms with van der Waals surface area (Å²) in [6, 6.07) is 0.373. The van der Waals surface area contributed by atoms with E-state index in [2.05, 4.69) is 16.8 Å². The summed E-state index contributed by atoms with van der Waals surface area (Å²) in [6.07, 6.45) is 3.69. The summed E-state index contributed by atoms with van der Waals surface area (Å²) >= 11 is 0. The van der Waals surface area contributed by atoms with Gasteiger partial charge in [0.1, 0.15) is 6.04 Å².